The van der Waals surface area contributed by atoms with Crippen molar-refractivity contribution in [3.8, 4) is 0 Å². The molecule has 5 nitrogen and oxygen atoms in total. The third-order valence-electron chi connectivity index (χ3n) is 4.05. The monoisotopic (exact) mass is 396 g/mol. The van der Waals surface area contributed by atoms with Gasteiger partial charge in [0, 0.05) is 31.4 Å². The molecule has 2 heterocycles. The van der Waals surface area contributed by atoms with E-state index in [-0.39, 0.29) is 11.1 Å². The van der Waals surface area contributed by atoms with Gasteiger partial charge in [-0.05, 0) is 31.0 Å². The number of anilines is 2. The van der Waals surface area contributed by atoms with E-state index in [4.69, 9.17) is 23.2 Å². The number of aromatic nitrogens is 1. The summed E-state index contributed by atoms with van der Waals surface area (Å²) in [5.74, 6) is 0.923. The average Bonchev–Trinajstić information content (AvgIpc) is 3.16. The summed E-state index contributed by atoms with van der Waals surface area (Å²) in [6.45, 7) is 2.34. The Morgan fingerprint density at radius 1 is 1.24 bits per heavy atom. The lowest BCUT2D eigenvalue weighted by atomic mass is 10.2. The Balaban J connectivity index is 1.69. The molecule has 0 unspecified atom stereocenters. The Bertz CT molecular complexity index is 768. The van der Waals surface area contributed by atoms with E-state index < -0.39 is 0 Å². The zero-order valence-electron chi connectivity index (χ0n) is 13.5. The van der Waals surface area contributed by atoms with E-state index in [1.807, 2.05) is 12.1 Å². The Morgan fingerprint density at radius 3 is 2.76 bits per heavy atom. The van der Waals surface area contributed by atoms with E-state index >= 15 is 0 Å². The number of amides is 2. The number of pyridine rings is 1. The van der Waals surface area contributed by atoms with Crippen molar-refractivity contribution in [1.82, 2.24) is 10.3 Å². The van der Waals surface area contributed by atoms with Crippen LogP contribution in [0.1, 0.15) is 18.4 Å². The number of nitrogens with one attached hydrogen (secondary N) is 1. The molecule has 8 heteroatoms. The summed E-state index contributed by atoms with van der Waals surface area (Å²) in [5.41, 5.74) is 1.40. The third kappa shape index (κ3) is 4.14. The van der Waals surface area contributed by atoms with Gasteiger partial charge in [0.1, 0.15) is 5.82 Å². The minimum absolute atomic E-state index is 0.286. The van der Waals surface area contributed by atoms with Crippen molar-refractivity contribution < 1.29 is 4.79 Å². The molecule has 1 aromatic heterocycles. The molecular formula is C17H18Cl2N4OS. The van der Waals surface area contributed by atoms with Crippen molar-refractivity contribution >= 4 is 53.6 Å². The molecule has 1 aromatic carbocycles. The van der Waals surface area contributed by atoms with E-state index in [1.165, 1.54) is 12.8 Å². The number of nitrogens with zero attached hydrogens (tertiary/aromatic N) is 3. The number of halogens is 2. The van der Waals surface area contributed by atoms with E-state index in [2.05, 4.69) is 28.0 Å². The Morgan fingerprint density at radius 2 is 2.00 bits per heavy atom. The van der Waals surface area contributed by atoms with Crippen LogP contribution >= 0.6 is 36.0 Å². The molecule has 1 N–H and O–H groups in total. The first-order chi connectivity index (χ1) is 12.1. The lowest BCUT2D eigenvalue weighted by Gasteiger charge is -2.21. The van der Waals surface area contributed by atoms with Crippen LogP contribution in [0.4, 0.5) is 16.3 Å². The molecule has 0 bridgehead atoms. The molecule has 1 aliphatic heterocycles. The fourth-order valence-electron chi connectivity index (χ4n) is 2.79. The number of carbonyl (C=O) groups excluding carboxylic acids is 1. The number of urea groups is 1. The van der Waals surface area contributed by atoms with Crippen molar-refractivity contribution in [3.63, 3.8) is 0 Å². The second kappa shape index (κ2) is 8.17. The van der Waals surface area contributed by atoms with Crippen LogP contribution < -0.4 is 14.5 Å². The normalized spacial score (nSPS) is 13.8. The topological polar surface area (TPSA) is 48.5 Å². The number of hydrogen-bond acceptors (Lipinski definition) is 4. The molecule has 132 valence electrons. The highest BCUT2D eigenvalue weighted by atomic mass is 35.5. The van der Waals surface area contributed by atoms with Gasteiger partial charge in [-0.3, -0.25) is 0 Å². The Labute approximate surface area is 162 Å². The number of thiol groups is 1. The Hall–Kier alpha value is -1.63. The first-order valence-electron chi connectivity index (χ1n) is 7.97. The maximum Gasteiger partial charge on any atom is 0.332 e. The highest BCUT2D eigenvalue weighted by Gasteiger charge is 2.19. The molecule has 1 aliphatic rings. The number of rotatable bonds is 4. The lowest BCUT2D eigenvalue weighted by Crippen LogP contribution is -2.34. The van der Waals surface area contributed by atoms with E-state index in [0.717, 1.165) is 28.8 Å². The van der Waals surface area contributed by atoms with Crippen molar-refractivity contribution in [3.05, 3.63) is 52.1 Å². The van der Waals surface area contributed by atoms with E-state index in [1.54, 1.807) is 24.4 Å². The van der Waals surface area contributed by atoms with Crippen LogP contribution in [-0.4, -0.2) is 24.1 Å². The minimum Gasteiger partial charge on any atom is -0.356 e. The average molecular weight is 397 g/mol. The first kappa shape index (κ1) is 18.2. The predicted molar refractivity (Wildman–Crippen MR) is 106 cm³/mol. The summed E-state index contributed by atoms with van der Waals surface area (Å²) in [4.78, 5) is 19.1. The van der Waals surface area contributed by atoms with Crippen LogP contribution in [0.5, 0.6) is 0 Å². The molecule has 0 radical (unpaired) electrons. The molecule has 3 rings (SSSR count). The number of carbonyl (C=O) groups is 1. The van der Waals surface area contributed by atoms with Gasteiger partial charge in [0.05, 0.1) is 15.7 Å². The van der Waals surface area contributed by atoms with Gasteiger partial charge in [0.15, 0.2) is 0 Å². The highest BCUT2D eigenvalue weighted by molar-refractivity contribution is 7.82. The SMILES string of the molecule is O=C(NCc1cccnc1N1CCCC1)N(S)c1cccc(Cl)c1Cl. The zero-order chi connectivity index (χ0) is 17.8. The molecule has 1 saturated heterocycles. The van der Waals surface area contributed by atoms with Crippen LogP contribution in [-0.2, 0) is 6.54 Å². The summed E-state index contributed by atoms with van der Waals surface area (Å²) >= 11 is 16.4. The molecular weight excluding hydrogens is 379 g/mol. The number of hydrogen-bond donors (Lipinski definition) is 2. The molecule has 0 atom stereocenters. The summed E-state index contributed by atoms with van der Waals surface area (Å²) < 4.78 is 1.15. The predicted octanol–water partition coefficient (Wildman–Crippen LogP) is 4.55. The van der Waals surface area contributed by atoms with Crippen LogP contribution in [0, 0.1) is 0 Å². The van der Waals surface area contributed by atoms with Crippen LogP contribution in [0.2, 0.25) is 10.0 Å². The van der Waals surface area contributed by atoms with Crippen LogP contribution in [0.25, 0.3) is 0 Å². The summed E-state index contributed by atoms with van der Waals surface area (Å²) in [7, 11) is 0. The van der Waals surface area contributed by atoms with E-state index in [9.17, 15) is 4.79 Å². The minimum atomic E-state index is -0.385. The zero-order valence-corrected chi connectivity index (χ0v) is 15.9. The maximum absolute atomic E-state index is 12.4. The smallest absolute Gasteiger partial charge is 0.332 e. The molecule has 2 amide bonds. The molecule has 25 heavy (non-hydrogen) atoms. The standard InChI is InChI=1S/C17H18Cl2N4OS/c18-13-6-3-7-14(15(13)19)23(25)17(24)21-11-12-5-4-8-20-16(12)22-9-1-2-10-22/h3-8,25H,1-2,9-11H2,(H,21,24). The summed E-state index contributed by atoms with van der Waals surface area (Å²) in [6.07, 6.45) is 4.11. The van der Waals surface area contributed by atoms with Crippen LogP contribution in [0.3, 0.4) is 0 Å². The van der Waals surface area contributed by atoms with Gasteiger partial charge in [-0.1, -0.05) is 48.1 Å². The van der Waals surface area contributed by atoms with Gasteiger partial charge in [-0.25, -0.2) is 14.1 Å². The fourth-order valence-corrected chi connectivity index (χ4v) is 3.47. The highest BCUT2D eigenvalue weighted by Crippen LogP contribution is 2.33. The van der Waals surface area contributed by atoms with Gasteiger partial charge in [-0.15, -0.1) is 0 Å². The quantitative estimate of drug-likeness (QED) is 0.745. The molecule has 0 aliphatic carbocycles. The second-order valence-electron chi connectivity index (χ2n) is 5.72. The van der Waals surface area contributed by atoms with Gasteiger partial charge in [-0.2, -0.15) is 0 Å². The molecule has 2 aromatic rings. The summed E-state index contributed by atoms with van der Waals surface area (Å²) in [6, 6.07) is 8.50. The van der Waals surface area contributed by atoms with Gasteiger partial charge < -0.3 is 10.2 Å². The van der Waals surface area contributed by atoms with Gasteiger partial charge in [0.25, 0.3) is 0 Å². The second-order valence-corrected chi connectivity index (χ2v) is 6.91. The first-order valence-corrected chi connectivity index (χ1v) is 9.13. The summed E-state index contributed by atoms with van der Waals surface area (Å²) in [5, 5.41) is 3.51. The van der Waals surface area contributed by atoms with Crippen molar-refractivity contribution in [1.29, 1.82) is 0 Å². The van der Waals surface area contributed by atoms with Crippen LogP contribution in [0.15, 0.2) is 36.5 Å². The lowest BCUT2D eigenvalue weighted by molar-refractivity contribution is 0.249. The molecule has 0 saturated carbocycles. The molecule has 0 spiro atoms. The maximum atomic E-state index is 12.4. The van der Waals surface area contributed by atoms with Gasteiger partial charge in [0.2, 0.25) is 0 Å². The van der Waals surface area contributed by atoms with Gasteiger partial charge >= 0.3 is 6.03 Å². The van der Waals surface area contributed by atoms with E-state index in [0.29, 0.717) is 17.3 Å². The number of benzene rings is 1. The largest absolute Gasteiger partial charge is 0.356 e. The fraction of sp³-hybridized carbons (Fsp3) is 0.294. The Kier molecular flexibility index (Phi) is 5.93. The van der Waals surface area contributed by atoms with Crippen molar-refractivity contribution in [2.45, 2.75) is 19.4 Å². The molecule has 1 fully saturated rings. The third-order valence-corrected chi connectivity index (χ3v) is 5.26. The van der Waals surface area contributed by atoms with Crippen molar-refractivity contribution in [2.75, 3.05) is 22.3 Å². The van der Waals surface area contributed by atoms with Crippen molar-refractivity contribution in [2.24, 2.45) is 0 Å².